The van der Waals surface area contributed by atoms with E-state index in [0.717, 1.165) is 29.7 Å². The first-order valence-corrected chi connectivity index (χ1v) is 10.6. The Morgan fingerprint density at radius 1 is 1.21 bits per heavy atom. The smallest absolute Gasteiger partial charge is 0.341 e. The second kappa shape index (κ2) is 9.41. The second-order valence-corrected chi connectivity index (χ2v) is 8.39. The normalized spacial score (nSPS) is 15.3. The molecule has 1 amide bonds. The molecule has 1 heterocycles. The van der Waals surface area contributed by atoms with Crippen molar-refractivity contribution < 1.29 is 23.9 Å². The van der Waals surface area contributed by atoms with Gasteiger partial charge >= 0.3 is 11.9 Å². The van der Waals surface area contributed by atoms with Crippen LogP contribution in [0.15, 0.2) is 24.3 Å². The monoisotopic (exact) mass is 435 g/mol. The third-order valence-corrected chi connectivity index (χ3v) is 6.17. The zero-order chi connectivity index (χ0) is 21.0. The third-order valence-electron chi connectivity index (χ3n) is 4.67. The van der Waals surface area contributed by atoms with Crippen molar-refractivity contribution in [2.75, 3.05) is 18.5 Å². The molecule has 0 saturated heterocycles. The maximum absolute atomic E-state index is 12.5. The van der Waals surface area contributed by atoms with E-state index in [1.54, 1.807) is 25.1 Å². The zero-order valence-corrected chi connectivity index (χ0v) is 17.8. The van der Waals surface area contributed by atoms with Crippen LogP contribution in [0.3, 0.4) is 0 Å². The number of amides is 1. The SMILES string of the molecule is CCOC(=O)c1c(NC(=O)COC(=O)c2ccccc2Cl)sc2c1CCC(C)C2. The van der Waals surface area contributed by atoms with Gasteiger partial charge in [0.25, 0.3) is 5.91 Å². The molecule has 0 spiro atoms. The number of rotatable bonds is 6. The van der Waals surface area contributed by atoms with Crippen molar-refractivity contribution in [2.45, 2.75) is 33.1 Å². The van der Waals surface area contributed by atoms with E-state index in [2.05, 4.69) is 12.2 Å². The molecule has 0 bridgehead atoms. The van der Waals surface area contributed by atoms with Crippen LogP contribution in [0.4, 0.5) is 5.00 Å². The van der Waals surface area contributed by atoms with Crippen LogP contribution in [0.2, 0.25) is 5.02 Å². The number of carbonyl (C=O) groups is 3. The molecule has 154 valence electrons. The van der Waals surface area contributed by atoms with E-state index < -0.39 is 24.5 Å². The van der Waals surface area contributed by atoms with Crippen molar-refractivity contribution in [1.82, 2.24) is 0 Å². The Morgan fingerprint density at radius 3 is 2.69 bits per heavy atom. The summed E-state index contributed by atoms with van der Waals surface area (Å²) in [5, 5.41) is 3.41. The van der Waals surface area contributed by atoms with E-state index in [0.29, 0.717) is 16.5 Å². The number of fused-ring (bicyclic) bond motifs is 1. The summed E-state index contributed by atoms with van der Waals surface area (Å²) in [6.07, 6.45) is 2.63. The fourth-order valence-corrected chi connectivity index (χ4v) is 4.88. The third kappa shape index (κ3) is 4.97. The summed E-state index contributed by atoms with van der Waals surface area (Å²) in [6, 6.07) is 6.45. The van der Waals surface area contributed by atoms with Crippen LogP contribution >= 0.6 is 22.9 Å². The van der Waals surface area contributed by atoms with Gasteiger partial charge in [0.15, 0.2) is 6.61 Å². The molecule has 1 aromatic heterocycles. The van der Waals surface area contributed by atoms with Crippen molar-refractivity contribution in [3.63, 3.8) is 0 Å². The molecule has 8 heteroatoms. The lowest BCUT2D eigenvalue weighted by Crippen LogP contribution is -2.22. The first kappa shape index (κ1) is 21.3. The van der Waals surface area contributed by atoms with Crippen molar-refractivity contribution >= 4 is 45.8 Å². The molecule has 2 aromatic rings. The lowest BCUT2D eigenvalue weighted by atomic mass is 9.88. The number of benzene rings is 1. The van der Waals surface area contributed by atoms with Crippen molar-refractivity contribution in [1.29, 1.82) is 0 Å². The Bertz CT molecular complexity index is 939. The van der Waals surface area contributed by atoms with Gasteiger partial charge in [0.2, 0.25) is 0 Å². The standard InChI is InChI=1S/C21H22ClNO5S/c1-3-27-21(26)18-14-9-8-12(2)10-16(14)29-19(18)23-17(24)11-28-20(25)13-6-4-5-7-15(13)22/h4-7,12H,3,8-11H2,1-2H3,(H,23,24). The number of esters is 2. The number of hydrogen-bond donors (Lipinski definition) is 1. The summed E-state index contributed by atoms with van der Waals surface area (Å²) < 4.78 is 10.2. The van der Waals surface area contributed by atoms with Crippen LogP contribution in [0.1, 0.15) is 51.4 Å². The minimum absolute atomic E-state index is 0.190. The van der Waals surface area contributed by atoms with Gasteiger partial charge in [0.1, 0.15) is 5.00 Å². The van der Waals surface area contributed by atoms with Crippen LogP contribution < -0.4 is 5.32 Å². The molecule has 0 fully saturated rings. The number of hydrogen-bond acceptors (Lipinski definition) is 6. The molecular weight excluding hydrogens is 414 g/mol. The minimum atomic E-state index is -0.685. The minimum Gasteiger partial charge on any atom is -0.462 e. The molecule has 1 N–H and O–H groups in total. The Labute approximate surface area is 178 Å². The predicted octanol–water partition coefficient (Wildman–Crippen LogP) is 4.50. The average molecular weight is 436 g/mol. The van der Waals surface area contributed by atoms with Crippen molar-refractivity contribution in [3.8, 4) is 0 Å². The quantitative estimate of drug-likeness (QED) is 0.675. The van der Waals surface area contributed by atoms with E-state index in [4.69, 9.17) is 21.1 Å². The fraction of sp³-hybridized carbons (Fsp3) is 0.381. The van der Waals surface area contributed by atoms with E-state index in [-0.39, 0.29) is 17.2 Å². The van der Waals surface area contributed by atoms with Crippen molar-refractivity contribution in [3.05, 3.63) is 50.9 Å². The number of nitrogens with one attached hydrogen (secondary N) is 1. The Kier molecular flexibility index (Phi) is 6.92. The van der Waals surface area contributed by atoms with E-state index in [1.165, 1.54) is 17.4 Å². The molecule has 1 aliphatic carbocycles. The highest BCUT2D eigenvalue weighted by Crippen LogP contribution is 2.40. The van der Waals surface area contributed by atoms with Gasteiger partial charge in [0, 0.05) is 4.88 Å². The summed E-state index contributed by atoms with van der Waals surface area (Å²) in [7, 11) is 0. The highest BCUT2D eigenvalue weighted by Gasteiger charge is 2.29. The number of halogens is 1. The zero-order valence-electron chi connectivity index (χ0n) is 16.2. The summed E-state index contributed by atoms with van der Waals surface area (Å²) in [4.78, 5) is 38.1. The molecule has 1 aromatic carbocycles. The Hall–Kier alpha value is -2.38. The van der Waals surface area contributed by atoms with Gasteiger partial charge in [-0.15, -0.1) is 11.3 Å². The topological polar surface area (TPSA) is 81.7 Å². The molecule has 3 rings (SSSR count). The second-order valence-electron chi connectivity index (χ2n) is 6.88. The summed E-state index contributed by atoms with van der Waals surface area (Å²) in [6.45, 7) is 3.68. The van der Waals surface area contributed by atoms with Crippen LogP contribution in [0.25, 0.3) is 0 Å². The van der Waals surface area contributed by atoms with Crippen molar-refractivity contribution in [2.24, 2.45) is 5.92 Å². The maximum Gasteiger partial charge on any atom is 0.341 e. The largest absolute Gasteiger partial charge is 0.462 e. The molecule has 0 aliphatic heterocycles. The fourth-order valence-electron chi connectivity index (χ4n) is 3.26. The number of carbonyl (C=O) groups excluding carboxylic acids is 3. The highest BCUT2D eigenvalue weighted by atomic mass is 35.5. The molecule has 29 heavy (non-hydrogen) atoms. The molecule has 1 atom stereocenters. The lowest BCUT2D eigenvalue weighted by Gasteiger charge is -2.18. The van der Waals surface area contributed by atoms with Crippen LogP contribution in [-0.4, -0.2) is 31.1 Å². The number of ether oxygens (including phenoxy) is 2. The first-order valence-electron chi connectivity index (χ1n) is 9.43. The van der Waals surface area contributed by atoms with Crippen LogP contribution in [0, 0.1) is 5.92 Å². The van der Waals surface area contributed by atoms with Crippen LogP contribution in [-0.2, 0) is 27.1 Å². The molecule has 0 radical (unpaired) electrons. The van der Waals surface area contributed by atoms with E-state index in [9.17, 15) is 14.4 Å². The summed E-state index contributed by atoms with van der Waals surface area (Å²) in [5.74, 6) is -1.13. The molecule has 1 aliphatic rings. The number of thiophene rings is 1. The number of anilines is 1. The van der Waals surface area contributed by atoms with E-state index >= 15 is 0 Å². The van der Waals surface area contributed by atoms with Gasteiger partial charge in [0.05, 0.1) is 22.8 Å². The predicted molar refractivity (Wildman–Crippen MR) is 112 cm³/mol. The maximum atomic E-state index is 12.5. The first-order chi connectivity index (χ1) is 13.9. The van der Waals surface area contributed by atoms with Gasteiger partial charge in [-0.3, -0.25) is 4.79 Å². The average Bonchev–Trinajstić information content (AvgIpc) is 3.03. The lowest BCUT2D eigenvalue weighted by molar-refractivity contribution is -0.119. The Morgan fingerprint density at radius 2 is 1.97 bits per heavy atom. The molecule has 0 saturated carbocycles. The Balaban J connectivity index is 1.72. The van der Waals surface area contributed by atoms with Crippen LogP contribution in [0.5, 0.6) is 0 Å². The van der Waals surface area contributed by atoms with Gasteiger partial charge in [-0.25, -0.2) is 9.59 Å². The highest BCUT2D eigenvalue weighted by molar-refractivity contribution is 7.17. The molecular formula is C21H22ClNO5S. The van der Waals surface area contributed by atoms with E-state index in [1.807, 2.05) is 0 Å². The van der Waals surface area contributed by atoms with Gasteiger partial charge in [-0.05, 0) is 49.8 Å². The summed E-state index contributed by atoms with van der Waals surface area (Å²) in [5.41, 5.74) is 1.56. The van der Waals surface area contributed by atoms with Gasteiger partial charge in [-0.1, -0.05) is 30.7 Å². The summed E-state index contributed by atoms with van der Waals surface area (Å²) >= 11 is 7.36. The van der Waals surface area contributed by atoms with Gasteiger partial charge in [-0.2, -0.15) is 0 Å². The van der Waals surface area contributed by atoms with Gasteiger partial charge < -0.3 is 14.8 Å². The molecule has 6 nitrogen and oxygen atoms in total. The molecule has 1 unspecified atom stereocenters.